The molecule has 8 nitrogen and oxygen atoms in total. The predicted octanol–water partition coefficient (Wildman–Crippen LogP) is 2.34. The van der Waals surface area contributed by atoms with Gasteiger partial charge in [0.1, 0.15) is 11.7 Å². The number of sulfonamides is 1. The van der Waals surface area contributed by atoms with Gasteiger partial charge in [-0.05, 0) is 55.8 Å². The van der Waals surface area contributed by atoms with Crippen LogP contribution in [0, 0.1) is 5.92 Å². The lowest BCUT2D eigenvalue weighted by molar-refractivity contribution is -0.118. The predicted molar refractivity (Wildman–Crippen MR) is 112 cm³/mol. The molecule has 0 unspecified atom stereocenters. The summed E-state index contributed by atoms with van der Waals surface area (Å²) < 4.78 is 27.8. The smallest absolute Gasteiger partial charge is 0.261 e. The van der Waals surface area contributed by atoms with Gasteiger partial charge in [-0.2, -0.15) is 10.1 Å². The number of carbonyl (C=O) groups excluding carboxylic acids is 1. The maximum atomic E-state index is 12.9. The van der Waals surface area contributed by atoms with E-state index in [1.807, 2.05) is 0 Å². The van der Waals surface area contributed by atoms with Crippen LogP contribution in [0.3, 0.4) is 0 Å². The first kappa shape index (κ1) is 20.7. The molecule has 2 aromatic rings. The third kappa shape index (κ3) is 4.52. The van der Waals surface area contributed by atoms with E-state index in [1.165, 1.54) is 17.1 Å². The van der Waals surface area contributed by atoms with Crippen molar-refractivity contribution in [1.29, 1.82) is 0 Å². The molecule has 9 heteroatoms. The van der Waals surface area contributed by atoms with Crippen molar-refractivity contribution in [2.24, 2.45) is 21.2 Å². The molecule has 152 valence electrons. The van der Waals surface area contributed by atoms with Crippen molar-refractivity contribution in [2.75, 3.05) is 12.1 Å². The van der Waals surface area contributed by atoms with Crippen LogP contribution in [-0.4, -0.2) is 32.9 Å². The number of nitrogens with zero attached hydrogens (tertiary/aromatic N) is 3. The van der Waals surface area contributed by atoms with Gasteiger partial charge in [0, 0.05) is 5.71 Å². The zero-order valence-electron chi connectivity index (χ0n) is 16.4. The van der Waals surface area contributed by atoms with Crippen LogP contribution in [0.2, 0.25) is 0 Å². The standard InChI is InChI=1S/C20H22N4O4S/c1-13(22-12-15-4-10-18(11-5-15)29(21,26)27)19-14(2)23-24(20(19)25)16-6-8-17(28-3)9-7-16/h4-11,19H,12H2,1-3H3,(H2,21,26,27)/t19-/m1/s1. The molecule has 0 radical (unpaired) electrons. The highest BCUT2D eigenvalue weighted by Crippen LogP contribution is 2.26. The minimum absolute atomic E-state index is 0.0473. The van der Waals surface area contributed by atoms with E-state index in [0.717, 1.165) is 5.56 Å². The molecule has 1 heterocycles. The van der Waals surface area contributed by atoms with Crippen molar-refractivity contribution in [3.8, 4) is 5.75 Å². The zero-order chi connectivity index (χ0) is 21.2. The molecule has 0 fully saturated rings. The lowest BCUT2D eigenvalue weighted by Crippen LogP contribution is -2.31. The van der Waals surface area contributed by atoms with Gasteiger partial charge in [0.05, 0.1) is 29.9 Å². The van der Waals surface area contributed by atoms with E-state index in [2.05, 4.69) is 10.1 Å². The molecule has 1 aliphatic rings. The van der Waals surface area contributed by atoms with Crippen molar-refractivity contribution in [3.05, 3.63) is 54.1 Å². The number of hydrazone groups is 1. The van der Waals surface area contributed by atoms with E-state index in [4.69, 9.17) is 9.88 Å². The number of methoxy groups -OCH3 is 1. The van der Waals surface area contributed by atoms with E-state index >= 15 is 0 Å². The van der Waals surface area contributed by atoms with Crippen LogP contribution in [0.25, 0.3) is 0 Å². The Morgan fingerprint density at radius 1 is 1.17 bits per heavy atom. The van der Waals surface area contributed by atoms with Crippen LogP contribution in [0.5, 0.6) is 5.75 Å². The second-order valence-corrected chi connectivity index (χ2v) is 8.23. The van der Waals surface area contributed by atoms with Crippen molar-refractivity contribution in [1.82, 2.24) is 0 Å². The topological polar surface area (TPSA) is 114 Å². The molecule has 0 saturated heterocycles. The molecule has 0 bridgehead atoms. The number of hydrogen-bond donors (Lipinski definition) is 1. The summed E-state index contributed by atoms with van der Waals surface area (Å²) >= 11 is 0. The van der Waals surface area contributed by atoms with Gasteiger partial charge in [0.15, 0.2) is 0 Å². The molecular weight excluding hydrogens is 392 g/mol. The largest absolute Gasteiger partial charge is 0.497 e. The number of aliphatic imine (C=N–C) groups is 1. The van der Waals surface area contributed by atoms with Crippen molar-refractivity contribution >= 4 is 33.0 Å². The number of primary sulfonamides is 1. The first-order chi connectivity index (χ1) is 13.7. The van der Waals surface area contributed by atoms with Crippen molar-refractivity contribution in [2.45, 2.75) is 25.3 Å². The summed E-state index contributed by atoms with van der Waals surface area (Å²) in [5.74, 6) is 0.00290. The summed E-state index contributed by atoms with van der Waals surface area (Å²) in [5, 5.41) is 10.9. The number of amides is 1. The Balaban J connectivity index is 1.74. The van der Waals surface area contributed by atoms with Crippen molar-refractivity contribution in [3.63, 3.8) is 0 Å². The van der Waals surface area contributed by atoms with Crippen LogP contribution in [0.4, 0.5) is 5.69 Å². The third-order valence-corrected chi connectivity index (χ3v) is 5.56. The Labute approximate surface area is 169 Å². The molecule has 3 rings (SSSR count). The number of benzene rings is 2. The maximum absolute atomic E-state index is 12.9. The summed E-state index contributed by atoms with van der Waals surface area (Å²) in [6.45, 7) is 3.90. The Bertz CT molecular complexity index is 1070. The number of hydrogen-bond acceptors (Lipinski definition) is 6. The van der Waals surface area contributed by atoms with E-state index in [9.17, 15) is 13.2 Å². The molecule has 0 saturated carbocycles. The summed E-state index contributed by atoms with van der Waals surface area (Å²) in [7, 11) is -2.15. The average Bonchev–Trinajstić information content (AvgIpc) is 3.00. The maximum Gasteiger partial charge on any atom is 0.261 e. The highest BCUT2D eigenvalue weighted by atomic mass is 32.2. The molecule has 1 aliphatic heterocycles. The molecule has 0 spiro atoms. The summed E-state index contributed by atoms with van der Waals surface area (Å²) in [5.41, 5.74) is 2.77. The summed E-state index contributed by atoms with van der Waals surface area (Å²) in [6.07, 6.45) is 0. The Kier molecular flexibility index (Phi) is 5.81. The highest BCUT2D eigenvalue weighted by molar-refractivity contribution is 7.89. The fourth-order valence-corrected chi connectivity index (χ4v) is 3.56. The Morgan fingerprint density at radius 2 is 1.79 bits per heavy atom. The Morgan fingerprint density at radius 3 is 2.34 bits per heavy atom. The molecule has 0 aliphatic carbocycles. The number of ether oxygens (including phenoxy) is 1. The van der Waals surface area contributed by atoms with Crippen LogP contribution in [0.1, 0.15) is 19.4 Å². The van der Waals surface area contributed by atoms with Gasteiger partial charge in [-0.1, -0.05) is 12.1 Å². The first-order valence-electron chi connectivity index (χ1n) is 8.86. The molecule has 0 aromatic heterocycles. The zero-order valence-corrected chi connectivity index (χ0v) is 17.2. The number of rotatable bonds is 6. The Hall–Kier alpha value is -3.04. The van der Waals surface area contributed by atoms with Crippen molar-refractivity contribution < 1.29 is 17.9 Å². The van der Waals surface area contributed by atoms with Crippen LogP contribution >= 0.6 is 0 Å². The second-order valence-electron chi connectivity index (χ2n) is 6.67. The van der Waals surface area contributed by atoms with E-state index in [1.54, 1.807) is 57.4 Å². The van der Waals surface area contributed by atoms with Crippen LogP contribution < -0.4 is 14.9 Å². The van der Waals surface area contributed by atoms with Gasteiger partial charge < -0.3 is 4.74 Å². The second kappa shape index (κ2) is 8.14. The van der Waals surface area contributed by atoms with Gasteiger partial charge in [0.2, 0.25) is 10.0 Å². The number of carbonyl (C=O) groups is 1. The van der Waals surface area contributed by atoms with Gasteiger partial charge in [-0.25, -0.2) is 13.6 Å². The molecule has 1 atom stereocenters. The third-order valence-electron chi connectivity index (χ3n) is 4.63. The molecule has 2 aromatic carbocycles. The molecule has 2 N–H and O–H groups in total. The normalized spacial score (nSPS) is 17.4. The minimum Gasteiger partial charge on any atom is -0.497 e. The molecule has 29 heavy (non-hydrogen) atoms. The quantitative estimate of drug-likeness (QED) is 0.731. The number of anilines is 1. The average molecular weight is 414 g/mol. The first-order valence-corrected chi connectivity index (χ1v) is 10.4. The fraction of sp³-hybridized carbons (Fsp3) is 0.250. The van der Waals surface area contributed by atoms with Gasteiger partial charge >= 0.3 is 0 Å². The fourth-order valence-electron chi connectivity index (χ4n) is 3.05. The van der Waals surface area contributed by atoms with Crippen LogP contribution in [0.15, 0.2) is 63.5 Å². The van der Waals surface area contributed by atoms with Crippen LogP contribution in [-0.2, 0) is 21.4 Å². The lowest BCUT2D eigenvalue weighted by Gasteiger charge is -2.15. The van der Waals surface area contributed by atoms with Gasteiger partial charge in [-0.15, -0.1) is 0 Å². The van der Waals surface area contributed by atoms with E-state index in [-0.39, 0.29) is 10.8 Å². The molecule has 1 amide bonds. The monoisotopic (exact) mass is 414 g/mol. The summed E-state index contributed by atoms with van der Waals surface area (Å²) in [6, 6.07) is 13.3. The van der Waals surface area contributed by atoms with E-state index in [0.29, 0.717) is 29.4 Å². The number of nitrogens with two attached hydrogens (primary N) is 1. The SMILES string of the molecule is COc1ccc(N2N=C(C)[C@@H](C(C)=NCc3ccc(S(N)(=O)=O)cc3)C2=O)cc1. The van der Waals surface area contributed by atoms with Gasteiger partial charge in [-0.3, -0.25) is 9.79 Å². The summed E-state index contributed by atoms with van der Waals surface area (Å²) in [4.78, 5) is 17.5. The van der Waals surface area contributed by atoms with Gasteiger partial charge in [0.25, 0.3) is 5.91 Å². The lowest BCUT2D eigenvalue weighted by atomic mass is 9.99. The highest BCUT2D eigenvalue weighted by Gasteiger charge is 2.36. The van der Waals surface area contributed by atoms with E-state index < -0.39 is 15.9 Å². The minimum atomic E-state index is -3.73. The molecular formula is C20H22N4O4S.